The van der Waals surface area contributed by atoms with Crippen molar-refractivity contribution in [3.8, 4) is 23.0 Å². The van der Waals surface area contributed by atoms with Crippen molar-refractivity contribution in [1.29, 1.82) is 0 Å². The van der Waals surface area contributed by atoms with Gasteiger partial charge in [-0.2, -0.15) is 0 Å². The third-order valence-electron chi connectivity index (χ3n) is 7.51. The number of hydrogen-bond acceptors (Lipinski definition) is 5. The van der Waals surface area contributed by atoms with E-state index in [4.69, 9.17) is 23.7 Å². The van der Waals surface area contributed by atoms with Gasteiger partial charge in [0.1, 0.15) is 25.6 Å². The van der Waals surface area contributed by atoms with Gasteiger partial charge in [0, 0.05) is 5.56 Å². The van der Waals surface area contributed by atoms with E-state index in [2.05, 4.69) is 18.2 Å². The van der Waals surface area contributed by atoms with Crippen molar-refractivity contribution in [2.45, 2.75) is 33.0 Å². The molecule has 0 aliphatic rings. The second kappa shape index (κ2) is 15.0. The highest BCUT2D eigenvalue weighted by Gasteiger charge is 2.18. The molecule has 5 nitrogen and oxygen atoms in total. The van der Waals surface area contributed by atoms with Gasteiger partial charge in [-0.05, 0) is 51.2 Å². The Morgan fingerprint density at radius 3 is 1.49 bits per heavy atom. The first-order chi connectivity index (χ1) is 22.3. The normalized spacial score (nSPS) is 10.9. The first-order valence-electron chi connectivity index (χ1n) is 15.1. The van der Waals surface area contributed by atoms with Crippen LogP contribution in [-0.4, -0.2) is 7.11 Å². The lowest BCUT2D eigenvalue weighted by Gasteiger charge is -2.19. The second-order valence-corrected chi connectivity index (χ2v) is 10.7. The van der Waals surface area contributed by atoms with Crippen LogP contribution in [0.2, 0.25) is 0 Å². The zero-order valence-corrected chi connectivity index (χ0v) is 25.4. The standard InChI is InChI=1S/C40H36O5/c1-41-37-22-21-34-19-11-12-20-35(34)36(37)29-42-25-33-23-38(43-26-30-13-5-2-6-14-30)40(45-28-32-17-9-4-10-18-32)39(24-33)44-27-31-15-7-3-8-16-31/h2-24H,25-29H2,1H3. The summed E-state index contributed by atoms with van der Waals surface area (Å²) in [5, 5.41) is 2.25. The largest absolute Gasteiger partial charge is 0.496 e. The summed E-state index contributed by atoms with van der Waals surface area (Å²) < 4.78 is 31.3. The molecule has 0 spiro atoms. The molecule has 0 aliphatic heterocycles. The van der Waals surface area contributed by atoms with Gasteiger partial charge in [0.05, 0.1) is 20.3 Å². The number of benzene rings is 6. The summed E-state index contributed by atoms with van der Waals surface area (Å²) in [5.74, 6) is 2.56. The molecule has 0 fully saturated rings. The lowest BCUT2D eigenvalue weighted by molar-refractivity contribution is 0.105. The molecule has 0 amide bonds. The molecular formula is C40H36O5. The average molecular weight is 597 g/mol. The van der Waals surface area contributed by atoms with Gasteiger partial charge in [-0.25, -0.2) is 0 Å². The highest BCUT2D eigenvalue weighted by molar-refractivity contribution is 5.87. The van der Waals surface area contributed by atoms with E-state index in [1.807, 2.05) is 121 Å². The number of hydrogen-bond donors (Lipinski definition) is 0. The Morgan fingerprint density at radius 1 is 0.422 bits per heavy atom. The molecule has 0 N–H and O–H groups in total. The van der Waals surface area contributed by atoms with Crippen molar-refractivity contribution in [3.63, 3.8) is 0 Å². The van der Waals surface area contributed by atoms with Gasteiger partial charge in [0.25, 0.3) is 0 Å². The molecule has 0 saturated heterocycles. The van der Waals surface area contributed by atoms with Crippen LogP contribution in [0.1, 0.15) is 27.8 Å². The molecule has 6 rings (SSSR count). The van der Waals surface area contributed by atoms with E-state index in [1.165, 1.54) is 0 Å². The Kier molecular flexibility index (Phi) is 9.90. The van der Waals surface area contributed by atoms with E-state index in [1.54, 1.807) is 7.11 Å². The molecule has 0 atom stereocenters. The number of ether oxygens (including phenoxy) is 5. The molecule has 0 aliphatic carbocycles. The Bertz CT molecular complexity index is 1740. The van der Waals surface area contributed by atoms with E-state index in [0.717, 1.165) is 44.3 Å². The molecule has 0 saturated carbocycles. The van der Waals surface area contributed by atoms with Crippen LogP contribution in [0.4, 0.5) is 0 Å². The topological polar surface area (TPSA) is 46.2 Å². The van der Waals surface area contributed by atoms with E-state index in [-0.39, 0.29) is 0 Å². The van der Waals surface area contributed by atoms with E-state index >= 15 is 0 Å². The lowest BCUT2D eigenvalue weighted by atomic mass is 10.0. The first kappa shape index (κ1) is 29.8. The van der Waals surface area contributed by atoms with E-state index < -0.39 is 0 Å². The smallest absolute Gasteiger partial charge is 0.203 e. The zero-order chi connectivity index (χ0) is 30.7. The fourth-order valence-electron chi connectivity index (χ4n) is 5.20. The lowest BCUT2D eigenvalue weighted by Crippen LogP contribution is -2.06. The molecule has 5 heteroatoms. The number of fused-ring (bicyclic) bond motifs is 1. The summed E-state index contributed by atoms with van der Waals surface area (Å²) in [5.41, 5.74) is 5.09. The van der Waals surface area contributed by atoms with Crippen molar-refractivity contribution < 1.29 is 23.7 Å². The van der Waals surface area contributed by atoms with Gasteiger partial charge < -0.3 is 23.7 Å². The predicted molar refractivity (Wildman–Crippen MR) is 178 cm³/mol. The summed E-state index contributed by atoms with van der Waals surface area (Å²) in [4.78, 5) is 0. The quantitative estimate of drug-likeness (QED) is 0.125. The molecule has 0 bridgehead atoms. The molecular weight excluding hydrogens is 560 g/mol. The molecule has 0 aromatic heterocycles. The van der Waals surface area contributed by atoms with Crippen LogP contribution in [0.5, 0.6) is 23.0 Å². The summed E-state index contributed by atoms with van der Waals surface area (Å²) in [6.07, 6.45) is 0. The third-order valence-corrected chi connectivity index (χ3v) is 7.51. The molecule has 45 heavy (non-hydrogen) atoms. The third kappa shape index (κ3) is 7.83. The van der Waals surface area contributed by atoms with Crippen LogP contribution in [0, 0.1) is 0 Å². The van der Waals surface area contributed by atoms with E-state index in [9.17, 15) is 0 Å². The maximum atomic E-state index is 6.43. The van der Waals surface area contributed by atoms with Crippen LogP contribution < -0.4 is 18.9 Å². The molecule has 6 aromatic rings. The van der Waals surface area contributed by atoms with Crippen molar-refractivity contribution in [1.82, 2.24) is 0 Å². The monoisotopic (exact) mass is 596 g/mol. The van der Waals surface area contributed by atoms with Crippen molar-refractivity contribution in [2.75, 3.05) is 7.11 Å². The minimum Gasteiger partial charge on any atom is -0.496 e. The van der Waals surface area contributed by atoms with Gasteiger partial charge in [0.2, 0.25) is 5.75 Å². The Morgan fingerprint density at radius 2 is 0.933 bits per heavy atom. The Balaban J connectivity index is 1.30. The number of methoxy groups -OCH3 is 1. The van der Waals surface area contributed by atoms with Crippen LogP contribution >= 0.6 is 0 Å². The Labute approximate surface area is 264 Å². The maximum absolute atomic E-state index is 6.43. The predicted octanol–water partition coefficient (Wildman–Crippen LogP) is 9.30. The van der Waals surface area contributed by atoms with Gasteiger partial charge in [-0.15, -0.1) is 0 Å². The molecule has 0 radical (unpaired) electrons. The molecule has 0 heterocycles. The van der Waals surface area contributed by atoms with Gasteiger partial charge in [-0.3, -0.25) is 0 Å². The van der Waals surface area contributed by atoms with Crippen LogP contribution in [-0.2, 0) is 37.8 Å². The highest BCUT2D eigenvalue weighted by atomic mass is 16.5. The minimum absolute atomic E-state index is 0.342. The van der Waals surface area contributed by atoms with Crippen molar-refractivity contribution in [2.24, 2.45) is 0 Å². The van der Waals surface area contributed by atoms with Gasteiger partial charge in [-0.1, -0.05) is 121 Å². The van der Waals surface area contributed by atoms with Crippen LogP contribution in [0.25, 0.3) is 10.8 Å². The van der Waals surface area contributed by atoms with E-state index in [0.29, 0.717) is 50.3 Å². The SMILES string of the molecule is COc1ccc2ccccc2c1COCc1cc(OCc2ccccc2)c(OCc2ccccc2)c(OCc2ccccc2)c1. The maximum Gasteiger partial charge on any atom is 0.203 e. The van der Waals surface area contributed by atoms with Crippen molar-refractivity contribution in [3.05, 3.63) is 167 Å². The van der Waals surface area contributed by atoms with Crippen LogP contribution in [0.15, 0.2) is 140 Å². The minimum atomic E-state index is 0.342. The summed E-state index contributed by atoms with van der Waals surface area (Å²) in [7, 11) is 1.69. The van der Waals surface area contributed by atoms with Gasteiger partial charge >= 0.3 is 0 Å². The van der Waals surface area contributed by atoms with Gasteiger partial charge in [0.15, 0.2) is 11.5 Å². The highest BCUT2D eigenvalue weighted by Crippen LogP contribution is 2.41. The molecule has 6 aromatic carbocycles. The molecule has 226 valence electrons. The fraction of sp³-hybridized carbons (Fsp3) is 0.150. The summed E-state index contributed by atoms with van der Waals surface area (Å²) >= 11 is 0. The Hall–Kier alpha value is -5.26. The average Bonchev–Trinajstić information content (AvgIpc) is 3.10. The number of rotatable bonds is 14. The summed E-state index contributed by atoms with van der Waals surface area (Å²) in [6, 6.07) is 46.6. The molecule has 0 unspecified atom stereocenters. The summed E-state index contributed by atoms with van der Waals surface area (Å²) in [6.45, 7) is 1.88. The first-order valence-corrected chi connectivity index (χ1v) is 15.1. The second-order valence-electron chi connectivity index (χ2n) is 10.7. The van der Waals surface area contributed by atoms with Crippen molar-refractivity contribution >= 4 is 10.8 Å². The fourth-order valence-corrected chi connectivity index (χ4v) is 5.20. The van der Waals surface area contributed by atoms with Crippen LogP contribution in [0.3, 0.4) is 0 Å². The zero-order valence-electron chi connectivity index (χ0n) is 25.4.